The van der Waals surface area contributed by atoms with Gasteiger partial charge in [0.15, 0.2) is 0 Å². The summed E-state index contributed by atoms with van der Waals surface area (Å²) in [5.74, 6) is 0. The van der Waals surface area contributed by atoms with Gasteiger partial charge in [-0.25, -0.2) is 0 Å². The molecule has 1 unspecified atom stereocenters. The van der Waals surface area contributed by atoms with Crippen LogP contribution < -0.4 is 5.32 Å². The molecular weight excluding hydrogens is 224 g/mol. The zero-order chi connectivity index (χ0) is 13.2. The Morgan fingerprint density at radius 3 is 2.89 bits per heavy atom. The molecule has 1 aromatic rings. The lowest BCUT2D eigenvalue weighted by Gasteiger charge is -2.20. The van der Waals surface area contributed by atoms with Crippen LogP contribution in [-0.4, -0.2) is 13.6 Å². The molecule has 0 saturated heterocycles. The first-order valence-corrected chi connectivity index (χ1v) is 6.45. The third-order valence-corrected chi connectivity index (χ3v) is 3.51. The highest BCUT2D eigenvalue weighted by Gasteiger charge is 2.37. The van der Waals surface area contributed by atoms with Gasteiger partial charge >= 0.3 is 0 Å². The van der Waals surface area contributed by atoms with E-state index in [0.29, 0.717) is 5.56 Å². The van der Waals surface area contributed by atoms with Gasteiger partial charge in [0.1, 0.15) is 0 Å². The molecule has 1 aromatic carbocycles. The number of nitrogens with one attached hydrogen (secondary N) is 1. The number of hydrogen-bond donors (Lipinski definition) is 1. The highest BCUT2D eigenvalue weighted by atomic mass is 16.5. The second-order valence-corrected chi connectivity index (χ2v) is 5.28. The molecule has 0 saturated carbocycles. The Morgan fingerprint density at radius 1 is 1.44 bits per heavy atom. The molecule has 3 nitrogen and oxygen atoms in total. The van der Waals surface area contributed by atoms with Gasteiger partial charge in [0.05, 0.1) is 23.3 Å². The standard InChI is InChI=1S/C15H20N2O/c1-15(2)13-9-11(10-16)6-7-12(13)14(18-15)5-4-8-17-3/h6-7,9,14,17H,4-5,8H2,1-3H3. The molecule has 1 aliphatic rings. The van der Waals surface area contributed by atoms with E-state index in [0.717, 1.165) is 24.9 Å². The van der Waals surface area contributed by atoms with E-state index in [1.165, 1.54) is 5.56 Å². The quantitative estimate of drug-likeness (QED) is 0.828. The molecule has 0 spiro atoms. The normalized spacial score (nSPS) is 20.4. The molecule has 0 radical (unpaired) electrons. The van der Waals surface area contributed by atoms with Crippen molar-refractivity contribution in [2.45, 2.75) is 38.4 Å². The lowest BCUT2D eigenvalue weighted by Crippen LogP contribution is -2.16. The Labute approximate surface area is 109 Å². The van der Waals surface area contributed by atoms with Gasteiger partial charge in [0.25, 0.3) is 0 Å². The number of ether oxygens (including phenoxy) is 1. The second-order valence-electron chi connectivity index (χ2n) is 5.28. The Hall–Kier alpha value is -1.37. The number of nitriles is 1. The maximum Gasteiger partial charge on any atom is 0.0991 e. The highest BCUT2D eigenvalue weighted by Crippen LogP contribution is 2.45. The Morgan fingerprint density at radius 2 is 2.22 bits per heavy atom. The van der Waals surface area contributed by atoms with Crippen molar-refractivity contribution in [3.63, 3.8) is 0 Å². The van der Waals surface area contributed by atoms with Gasteiger partial charge in [-0.15, -0.1) is 0 Å². The van der Waals surface area contributed by atoms with Crippen molar-refractivity contribution < 1.29 is 4.74 Å². The van der Waals surface area contributed by atoms with Crippen LogP contribution in [0.15, 0.2) is 18.2 Å². The Bertz CT molecular complexity index is 474. The summed E-state index contributed by atoms with van der Waals surface area (Å²) in [4.78, 5) is 0. The minimum absolute atomic E-state index is 0.163. The predicted molar refractivity (Wildman–Crippen MR) is 71.2 cm³/mol. The van der Waals surface area contributed by atoms with E-state index in [1.807, 2.05) is 25.2 Å². The minimum atomic E-state index is -0.285. The van der Waals surface area contributed by atoms with Crippen molar-refractivity contribution >= 4 is 0 Å². The van der Waals surface area contributed by atoms with Gasteiger partial charge < -0.3 is 10.1 Å². The maximum atomic E-state index is 8.98. The lowest BCUT2D eigenvalue weighted by molar-refractivity contribution is -0.0557. The molecule has 1 aliphatic heterocycles. The van der Waals surface area contributed by atoms with E-state index < -0.39 is 0 Å². The van der Waals surface area contributed by atoms with Crippen LogP contribution in [0.3, 0.4) is 0 Å². The molecule has 0 fully saturated rings. The van der Waals surface area contributed by atoms with Crippen LogP contribution in [-0.2, 0) is 10.3 Å². The maximum absolute atomic E-state index is 8.98. The summed E-state index contributed by atoms with van der Waals surface area (Å²) in [6.45, 7) is 5.15. The van der Waals surface area contributed by atoms with E-state index in [9.17, 15) is 0 Å². The van der Waals surface area contributed by atoms with Gasteiger partial charge in [-0.3, -0.25) is 0 Å². The SMILES string of the molecule is CNCCCC1OC(C)(C)c2cc(C#N)ccc21. The first-order chi connectivity index (χ1) is 8.58. The molecule has 2 rings (SSSR count). The highest BCUT2D eigenvalue weighted by molar-refractivity contribution is 5.44. The first kappa shape index (κ1) is 13.1. The zero-order valence-electron chi connectivity index (χ0n) is 11.3. The summed E-state index contributed by atoms with van der Waals surface area (Å²) in [5.41, 5.74) is 2.83. The van der Waals surface area contributed by atoms with Crippen LogP contribution in [0.1, 0.15) is 49.5 Å². The summed E-state index contributed by atoms with van der Waals surface area (Å²) >= 11 is 0. The van der Waals surface area contributed by atoms with E-state index >= 15 is 0 Å². The molecule has 0 aliphatic carbocycles. The molecule has 0 amide bonds. The number of benzene rings is 1. The van der Waals surface area contributed by atoms with Crippen molar-refractivity contribution in [2.75, 3.05) is 13.6 Å². The third kappa shape index (κ3) is 2.40. The van der Waals surface area contributed by atoms with E-state index in [4.69, 9.17) is 10.00 Å². The minimum Gasteiger partial charge on any atom is -0.363 e. The van der Waals surface area contributed by atoms with Gasteiger partial charge in [-0.2, -0.15) is 5.26 Å². The van der Waals surface area contributed by atoms with Crippen LogP contribution in [0.2, 0.25) is 0 Å². The first-order valence-electron chi connectivity index (χ1n) is 6.45. The summed E-state index contributed by atoms with van der Waals surface area (Å²) in [5, 5.41) is 12.1. The number of nitrogens with zero attached hydrogens (tertiary/aromatic N) is 1. The van der Waals surface area contributed by atoms with Crippen LogP contribution in [0.4, 0.5) is 0 Å². The lowest BCUT2D eigenvalue weighted by atomic mass is 9.92. The molecule has 1 heterocycles. The van der Waals surface area contributed by atoms with E-state index in [2.05, 4.69) is 25.2 Å². The summed E-state index contributed by atoms with van der Waals surface area (Å²) in [6, 6.07) is 8.09. The van der Waals surface area contributed by atoms with Crippen molar-refractivity contribution in [3.8, 4) is 6.07 Å². The molecule has 3 heteroatoms. The average Bonchev–Trinajstić information content (AvgIpc) is 2.61. The number of fused-ring (bicyclic) bond motifs is 1. The fourth-order valence-electron chi connectivity index (χ4n) is 2.59. The molecule has 0 bridgehead atoms. The van der Waals surface area contributed by atoms with Crippen molar-refractivity contribution in [1.29, 1.82) is 5.26 Å². The van der Waals surface area contributed by atoms with Crippen molar-refractivity contribution in [2.24, 2.45) is 0 Å². The molecule has 18 heavy (non-hydrogen) atoms. The molecule has 0 aromatic heterocycles. The topological polar surface area (TPSA) is 45.0 Å². The Kier molecular flexibility index (Phi) is 3.70. The van der Waals surface area contributed by atoms with Gasteiger partial charge in [-0.1, -0.05) is 6.07 Å². The van der Waals surface area contributed by atoms with E-state index in [1.54, 1.807) is 0 Å². The number of rotatable bonds is 4. The van der Waals surface area contributed by atoms with Gasteiger partial charge in [0, 0.05) is 0 Å². The summed E-state index contributed by atoms with van der Waals surface area (Å²) < 4.78 is 6.13. The smallest absolute Gasteiger partial charge is 0.0991 e. The van der Waals surface area contributed by atoms with Crippen LogP contribution in [0.25, 0.3) is 0 Å². The fourth-order valence-corrected chi connectivity index (χ4v) is 2.59. The van der Waals surface area contributed by atoms with Crippen LogP contribution in [0.5, 0.6) is 0 Å². The zero-order valence-corrected chi connectivity index (χ0v) is 11.3. The van der Waals surface area contributed by atoms with Gasteiger partial charge in [-0.05, 0) is 63.5 Å². The largest absolute Gasteiger partial charge is 0.363 e. The monoisotopic (exact) mass is 244 g/mol. The van der Waals surface area contributed by atoms with Crippen LogP contribution >= 0.6 is 0 Å². The molecule has 96 valence electrons. The van der Waals surface area contributed by atoms with Crippen molar-refractivity contribution in [3.05, 3.63) is 34.9 Å². The molecule has 1 N–H and O–H groups in total. The third-order valence-electron chi connectivity index (χ3n) is 3.51. The molecular formula is C15H20N2O. The average molecular weight is 244 g/mol. The Balaban J connectivity index is 2.24. The van der Waals surface area contributed by atoms with Gasteiger partial charge in [0.2, 0.25) is 0 Å². The predicted octanol–water partition coefficient (Wildman–Crippen LogP) is 2.86. The van der Waals surface area contributed by atoms with Crippen LogP contribution in [0, 0.1) is 11.3 Å². The van der Waals surface area contributed by atoms with E-state index in [-0.39, 0.29) is 11.7 Å². The fraction of sp³-hybridized carbons (Fsp3) is 0.533. The summed E-state index contributed by atoms with van der Waals surface area (Å²) in [6.07, 6.45) is 2.27. The molecule has 1 atom stereocenters. The second kappa shape index (κ2) is 5.09. The summed E-state index contributed by atoms with van der Waals surface area (Å²) in [7, 11) is 1.96. The van der Waals surface area contributed by atoms with Crippen molar-refractivity contribution in [1.82, 2.24) is 5.32 Å². The number of hydrogen-bond acceptors (Lipinski definition) is 3.